The van der Waals surface area contributed by atoms with Crippen LogP contribution in [0, 0.1) is 23.7 Å². The van der Waals surface area contributed by atoms with Gasteiger partial charge in [-0.2, -0.15) is 0 Å². The number of rotatable bonds is 47. The van der Waals surface area contributed by atoms with Crippen LogP contribution < -0.4 is 0 Å². The summed E-state index contributed by atoms with van der Waals surface area (Å²) in [4.78, 5) is 8.48. The number of unbranched alkanes of at least 4 members (excludes halogenated alkanes) is 19. The van der Waals surface area contributed by atoms with E-state index in [1.165, 1.54) is 224 Å². The molecule has 0 radical (unpaired) electrons. The van der Waals surface area contributed by atoms with Gasteiger partial charge in [-0.05, 0) is 179 Å². The van der Waals surface area contributed by atoms with Crippen LogP contribution in [0.5, 0.6) is 0 Å². The van der Waals surface area contributed by atoms with Crippen molar-refractivity contribution >= 4 is 5.71 Å². The molecule has 0 aromatic rings. The molecule has 66 heavy (non-hydrogen) atoms. The van der Waals surface area contributed by atoms with E-state index in [9.17, 15) is 0 Å². The zero-order valence-corrected chi connectivity index (χ0v) is 45.9. The van der Waals surface area contributed by atoms with Crippen molar-refractivity contribution in [2.45, 2.75) is 291 Å². The molecule has 4 heteroatoms. The van der Waals surface area contributed by atoms with Crippen LogP contribution in [0.3, 0.4) is 0 Å². The van der Waals surface area contributed by atoms with E-state index >= 15 is 0 Å². The summed E-state index contributed by atoms with van der Waals surface area (Å²) in [5, 5.41) is 4.84. The molecule has 0 spiro atoms. The SMILES string of the molecule is CCCCC/C=C\C/C=C\CCCCCCCCC(CCCCCCCC/C=C\C/C=C\CCCCC)=NOCC(C)CC(C)CCCCC1CCCC(CCC(C)CC(C)CN(C)C)O1. The summed E-state index contributed by atoms with van der Waals surface area (Å²) in [6, 6.07) is 0. The van der Waals surface area contributed by atoms with E-state index in [0.29, 0.717) is 18.1 Å². The van der Waals surface area contributed by atoms with Crippen LogP contribution in [-0.2, 0) is 9.57 Å². The minimum Gasteiger partial charge on any atom is -0.396 e. The van der Waals surface area contributed by atoms with E-state index in [1.54, 1.807) is 0 Å². The molecule has 1 saturated heterocycles. The quantitative estimate of drug-likeness (QED) is 0.0264. The van der Waals surface area contributed by atoms with Crippen molar-refractivity contribution in [2.24, 2.45) is 28.8 Å². The molecule has 6 unspecified atom stereocenters. The first-order chi connectivity index (χ1) is 32.2. The highest BCUT2D eigenvalue weighted by Gasteiger charge is 2.23. The summed E-state index contributed by atoms with van der Waals surface area (Å²) in [5.74, 6) is 2.85. The molecule has 0 aromatic carbocycles. The second-order valence-corrected chi connectivity index (χ2v) is 21.9. The summed E-state index contributed by atoms with van der Waals surface area (Å²) >= 11 is 0. The zero-order valence-electron chi connectivity index (χ0n) is 45.9. The van der Waals surface area contributed by atoms with Gasteiger partial charge in [-0.15, -0.1) is 0 Å². The number of oxime groups is 1. The van der Waals surface area contributed by atoms with Crippen molar-refractivity contribution in [3.8, 4) is 0 Å². The molecule has 386 valence electrons. The van der Waals surface area contributed by atoms with E-state index in [0.717, 1.165) is 50.0 Å². The van der Waals surface area contributed by atoms with Crippen LogP contribution in [0.25, 0.3) is 0 Å². The molecule has 0 amide bonds. The van der Waals surface area contributed by atoms with Gasteiger partial charge in [0.2, 0.25) is 0 Å². The van der Waals surface area contributed by atoms with Gasteiger partial charge >= 0.3 is 0 Å². The molecule has 6 atom stereocenters. The van der Waals surface area contributed by atoms with Gasteiger partial charge in [0.05, 0.1) is 17.9 Å². The maximum absolute atomic E-state index is 6.65. The number of hydrogen-bond donors (Lipinski definition) is 0. The van der Waals surface area contributed by atoms with Gasteiger partial charge in [-0.3, -0.25) is 0 Å². The summed E-state index contributed by atoms with van der Waals surface area (Å²) in [7, 11) is 4.39. The molecule has 1 fully saturated rings. The Morgan fingerprint density at radius 1 is 0.515 bits per heavy atom. The number of hydrogen-bond acceptors (Lipinski definition) is 4. The lowest BCUT2D eigenvalue weighted by atomic mass is 9.90. The predicted octanol–water partition coefficient (Wildman–Crippen LogP) is 19.9. The van der Waals surface area contributed by atoms with Crippen LogP contribution in [0.15, 0.2) is 53.8 Å². The van der Waals surface area contributed by atoms with Gasteiger partial charge in [0, 0.05) is 6.54 Å². The fourth-order valence-corrected chi connectivity index (χ4v) is 10.2. The largest absolute Gasteiger partial charge is 0.396 e. The van der Waals surface area contributed by atoms with E-state index in [-0.39, 0.29) is 0 Å². The summed E-state index contributed by atoms with van der Waals surface area (Å²) in [6.07, 6.45) is 67.5. The fourth-order valence-electron chi connectivity index (χ4n) is 10.2. The smallest absolute Gasteiger partial charge is 0.119 e. The molecular formula is C62H116N2O2. The lowest BCUT2D eigenvalue weighted by Gasteiger charge is -2.31. The first kappa shape index (κ1) is 62.4. The maximum Gasteiger partial charge on any atom is 0.119 e. The highest BCUT2D eigenvalue weighted by Crippen LogP contribution is 2.29. The van der Waals surface area contributed by atoms with E-state index in [2.05, 4.69) is 109 Å². The Morgan fingerprint density at radius 2 is 0.970 bits per heavy atom. The Labute approximate surface area is 414 Å². The molecule has 4 nitrogen and oxygen atoms in total. The third-order valence-electron chi connectivity index (χ3n) is 14.1. The third-order valence-corrected chi connectivity index (χ3v) is 14.1. The van der Waals surface area contributed by atoms with Crippen LogP contribution in [0.1, 0.15) is 279 Å². The van der Waals surface area contributed by atoms with Gasteiger partial charge in [-0.1, -0.05) is 192 Å². The summed E-state index contributed by atoms with van der Waals surface area (Å²) in [5.41, 5.74) is 1.32. The Kier molecular flexibility index (Phi) is 44.5. The number of nitrogens with zero attached hydrogens (tertiary/aromatic N) is 2. The summed E-state index contributed by atoms with van der Waals surface area (Å²) in [6.45, 7) is 16.2. The molecule has 1 rings (SSSR count). The standard InChI is InChI=1S/C62H116N2O2/c1-9-11-13-15-17-19-21-23-25-27-29-31-33-35-37-39-45-60(46-40-38-36-34-32-30-28-26-24-22-20-18-16-14-12-10-2)63-65-55-59(6)53-56(3)44-41-42-47-61-48-43-49-62(66-61)51-50-57(4)52-58(5)54-64(7)8/h17-20,23-26,56-59,61-62H,9-16,21-22,27-55H2,1-8H3/b19-17-,20-18-,25-23-,26-24-. The monoisotopic (exact) mass is 921 g/mol. The van der Waals surface area contributed by atoms with E-state index < -0.39 is 0 Å². The Balaban J connectivity index is 2.36. The Bertz CT molecular complexity index is 1120. The molecule has 0 bridgehead atoms. The van der Waals surface area contributed by atoms with Gasteiger partial charge in [-0.25, -0.2) is 0 Å². The normalized spacial score (nSPS) is 17.8. The molecule has 1 aliphatic rings. The Morgan fingerprint density at radius 3 is 1.48 bits per heavy atom. The van der Waals surface area contributed by atoms with Crippen molar-refractivity contribution in [1.29, 1.82) is 0 Å². The second-order valence-electron chi connectivity index (χ2n) is 21.9. The van der Waals surface area contributed by atoms with Crippen molar-refractivity contribution in [1.82, 2.24) is 4.90 Å². The highest BCUT2D eigenvalue weighted by molar-refractivity contribution is 5.83. The minimum absolute atomic E-state index is 0.492. The van der Waals surface area contributed by atoms with Crippen molar-refractivity contribution < 1.29 is 9.57 Å². The molecule has 0 N–H and O–H groups in total. The molecule has 0 saturated carbocycles. The van der Waals surface area contributed by atoms with E-state index in [1.807, 2.05) is 0 Å². The predicted molar refractivity (Wildman–Crippen MR) is 296 cm³/mol. The van der Waals surface area contributed by atoms with Crippen molar-refractivity contribution in [2.75, 3.05) is 27.2 Å². The van der Waals surface area contributed by atoms with Gasteiger partial charge in [0.25, 0.3) is 0 Å². The van der Waals surface area contributed by atoms with E-state index in [4.69, 9.17) is 14.7 Å². The van der Waals surface area contributed by atoms with Crippen molar-refractivity contribution in [3.05, 3.63) is 48.6 Å². The number of ether oxygens (including phenoxy) is 1. The molecular weight excluding hydrogens is 805 g/mol. The first-order valence-corrected chi connectivity index (χ1v) is 29.3. The van der Waals surface area contributed by atoms with Gasteiger partial charge in [0.1, 0.15) is 6.61 Å². The van der Waals surface area contributed by atoms with Gasteiger partial charge in [0.15, 0.2) is 0 Å². The molecule has 0 aromatic heterocycles. The third kappa shape index (κ3) is 42.5. The highest BCUT2D eigenvalue weighted by atomic mass is 16.6. The molecule has 1 heterocycles. The van der Waals surface area contributed by atoms with Gasteiger partial charge < -0.3 is 14.5 Å². The molecule has 1 aliphatic heterocycles. The summed E-state index contributed by atoms with van der Waals surface area (Å²) < 4.78 is 6.65. The average Bonchev–Trinajstić information content (AvgIpc) is 3.29. The Hall–Kier alpha value is -1.65. The van der Waals surface area contributed by atoms with Crippen LogP contribution >= 0.6 is 0 Å². The number of allylic oxidation sites excluding steroid dienone is 8. The topological polar surface area (TPSA) is 34.1 Å². The fraction of sp³-hybridized carbons (Fsp3) is 0.855. The van der Waals surface area contributed by atoms with Crippen LogP contribution in [0.2, 0.25) is 0 Å². The minimum atomic E-state index is 0.492. The molecule has 0 aliphatic carbocycles. The lowest BCUT2D eigenvalue weighted by molar-refractivity contribution is -0.0593. The maximum atomic E-state index is 6.65. The average molecular weight is 922 g/mol. The second kappa shape index (κ2) is 47.0. The first-order valence-electron chi connectivity index (χ1n) is 29.3. The van der Waals surface area contributed by atoms with Crippen molar-refractivity contribution in [3.63, 3.8) is 0 Å². The lowest BCUT2D eigenvalue weighted by Crippen LogP contribution is -2.28. The van der Waals surface area contributed by atoms with Crippen LogP contribution in [0.4, 0.5) is 0 Å². The zero-order chi connectivity index (χ0) is 48.0. The van der Waals surface area contributed by atoms with Crippen LogP contribution in [-0.4, -0.2) is 50.1 Å².